The minimum absolute atomic E-state index is 0.0505. The van der Waals surface area contributed by atoms with Crippen molar-refractivity contribution in [2.75, 3.05) is 27.2 Å². The summed E-state index contributed by atoms with van der Waals surface area (Å²) in [4.78, 5) is 2.01. The summed E-state index contributed by atoms with van der Waals surface area (Å²) >= 11 is 0. The van der Waals surface area contributed by atoms with Crippen molar-refractivity contribution in [3.63, 3.8) is 0 Å². The minimum atomic E-state index is -4.41. The molecular weight excluding hydrogens is 377 g/mol. The zero-order valence-electron chi connectivity index (χ0n) is 17.9. The lowest BCUT2D eigenvalue weighted by Crippen LogP contribution is -2.26. The Morgan fingerprint density at radius 1 is 0.897 bits per heavy atom. The third-order valence-electron chi connectivity index (χ3n) is 4.58. The lowest BCUT2D eigenvalue weighted by Gasteiger charge is -2.19. The maximum Gasteiger partial charge on any atom is 0.416 e. The van der Waals surface area contributed by atoms with Gasteiger partial charge in [-0.15, -0.1) is 0 Å². The van der Waals surface area contributed by atoms with Crippen molar-refractivity contribution in [1.82, 2.24) is 10.2 Å². The first-order valence-corrected chi connectivity index (χ1v) is 9.74. The minimum Gasteiger partial charge on any atom is -0.489 e. The van der Waals surface area contributed by atoms with Crippen LogP contribution in [0.15, 0.2) is 42.5 Å². The van der Waals surface area contributed by atoms with Crippen LogP contribution >= 0.6 is 0 Å². The van der Waals surface area contributed by atoms with Crippen molar-refractivity contribution in [2.24, 2.45) is 0 Å². The maximum atomic E-state index is 13.3. The molecular formula is C23H31F3N2O. The molecule has 3 nitrogen and oxygen atoms in total. The SMILES string of the molecule is CN(C)CCNCc1cc(OCc2ccc(C(C)(C)C)cc2)cc(C(F)(F)F)c1. The van der Waals surface area contributed by atoms with Crippen molar-refractivity contribution in [1.29, 1.82) is 0 Å². The van der Waals surface area contributed by atoms with Crippen molar-refractivity contribution >= 4 is 0 Å². The van der Waals surface area contributed by atoms with Crippen LogP contribution in [0.4, 0.5) is 13.2 Å². The molecule has 0 atom stereocenters. The van der Waals surface area contributed by atoms with E-state index in [9.17, 15) is 13.2 Å². The highest BCUT2D eigenvalue weighted by molar-refractivity contribution is 5.36. The topological polar surface area (TPSA) is 24.5 Å². The Hall–Kier alpha value is -2.05. The Balaban J connectivity index is 2.09. The normalized spacial score (nSPS) is 12.4. The van der Waals surface area contributed by atoms with Crippen molar-refractivity contribution in [3.05, 3.63) is 64.7 Å². The lowest BCUT2D eigenvalue weighted by atomic mass is 9.87. The predicted octanol–water partition coefficient (Wildman–Crippen LogP) is 5.23. The van der Waals surface area contributed by atoms with Gasteiger partial charge in [-0.25, -0.2) is 0 Å². The van der Waals surface area contributed by atoms with Crippen molar-refractivity contribution < 1.29 is 17.9 Å². The molecule has 0 bridgehead atoms. The van der Waals surface area contributed by atoms with Crippen LogP contribution in [0.25, 0.3) is 0 Å². The van der Waals surface area contributed by atoms with E-state index in [-0.39, 0.29) is 17.8 Å². The Kier molecular flexibility index (Phi) is 7.72. The van der Waals surface area contributed by atoms with E-state index in [1.165, 1.54) is 11.6 Å². The molecule has 0 heterocycles. The van der Waals surface area contributed by atoms with E-state index in [1.807, 2.05) is 43.3 Å². The lowest BCUT2D eigenvalue weighted by molar-refractivity contribution is -0.137. The summed E-state index contributed by atoms with van der Waals surface area (Å²) in [6, 6.07) is 11.9. The molecule has 6 heteroatoms. The highest BCUT2D eigenvalue weighted by atomic mass is 19.4. The molecule has 0 aromatic heterocycles. The number of alkyl halides is 3. The maximum absolute atomic E-state index is 13.3. The molecule has 0 fully saturated rings. The summed E-state index contributed by atoms with van der Waals surface area (Å²) in [5.74, 6) is 0.226. The monoisotopic (exact) mass is 408 g/mol. The smallest absolute Gasteiger partial charge is 0.416 e. The fraction of sp³-hybridized carbons (Fsp3) is 0.478. The zero-order valence-corrected chi connectivity index (χ0v) is 17.9. The van der Waals surface area contributed by atoms with Gasteiger partial charge >= 0.3 is 6.18 Å². The molecule has 1 N–H and O–H groups in total. The predicted molar refractivity (Wildman–Crippen MR) is 111 cm³/mol. The van der Waals surface area contributed by atoms with E-state index in [4.69, 9.17) is 4.74 Å². The number of hydrogen-bond donors (Lipinski definition) is 1. The molecule has 2 aromatic carbocycles. The summed E-state index contributed by atoms with van der Waals surface area (Å²) in [5, 5.41) is 3.17. The highest BCUT2D eigenvalue weighted by Crippen LogP contribution is 2.33. The molecule has 0 saturated carbocycles. The van der Waals surface area contributed by atoms with E-state index >= 15 is 0 Å². The largest absolute Gasteiger partial charge is 0.489 e. The third-order valence-corrected chi connectivity index (χ3v) is 4.58. The molecule has 0 radical (unpaired) electrons. The summed E-state index contributed by atoms with van der Waals surface area (Å²) in [5.41, 5.74) is 2.03. The molecule has 0 amide bonds. The van der Waals surface area contributed by atoms with Crippen LogP contribution in [0.1, 0.15) is 43.0 Å². The fourth-order valence-electron chi connectivity index (χ4n) is 2.81. The second-order valence-electron chi connectivity index (χ2n) is 8.58. The van der Waals surface area contributed by atoms with E-state index in [1.54, 1.807) is 6.07 Å². The Labute approximate surface area is 171 Å². The number of benzene rings is 2. The molecule has 2 rings (SSSR count). The van der Waals surface area contributed by atoms with Crippen LogP contribution in [0.2, 0.25) is 0 Å². The number of nitrogens with one attached hydrogen (secondary N) is 1. The molecule has 0 aliphatic heterocycles. The van der Waals surface area contributed by atoms with E-state index in [0.29, 0.717) is 18.7 Å². The number of halogens is 3. The number of likely N-dealkylation sites (N-methyl/N-ethyl adjacent to an activating group) is 1. The van der Waals surface area contributed by atoms with Crippen LogP contribution < -0.4 is 10.1 Å². The Bertz CT molecular complexity index is 778. The molecule has 160 valence electrons. The van der Waals surface area contributed by atoms with E-state index < -0.39 is 11.7 Å². The van der Waals surface area contributed by atoms with Gasteiger partial charge in [0.15, 0.2) is 0 Å². The molecule has 0 spiro atoms. The first-order valence-electron chi connectivity index (χ1n) is 9.74. The van der Waals surface area contributed by atoms with Gasteiger partial charge in [0.1, 0.15) is 12.4 Å². The van der Waals surface area contributed by atoms with Crippen LogP contribution in [0.5, 0.6) is 5.75 Å². The number of ether oxygens (including phenoxy) is 1. The number of nitrogens with zero attached hydrogens (tertiary/aromatic N) is 1. The second kappa shape index (κ2) is 9.63. The van der Waals surface area contributed by atoms with Gasteiger partial charge in [-0.1, -0.05) is 45.0 Å². The molecule has 0 aliphatic carbocycles. The van der Waals surface area contributed by atoms with E-state index in [0.717, 1.165) is 18.2 Å². The fourth-order valence-corrected chi connectivity index (χ4v) is 2.81. The van der Waals surface area contributed by atoms with Crippen LogP contribution in [0.3, 0.4) is 0 Å². The quantitative estimate of drug-likeness (QED) is 0.605. The summed E-state index contributed by atoms with van der Waals surface area (Å²) < 4.78 is 45.5. The van der Waals surface area contributed by atoms with Gasteiger partial charge in [-0.3, -0.25) is 0 Å². The first-order chi connectivity index (χ1) is 13.4. The first kappa shape index (κ1) is 23.2. The van der Waals surface area contributed by atoms with E-state index in [2.05, 4.69) is 26.1 Å². The molecule has 0 saturated heterocycles. The van der Waals surface area contributed by atoms with Crippen LogP contribution in [0, 0.1) is 0 Å². The van der Waals surface area contributed by atoms with Gasteiger partial charge in [-0.05, 0) is 54.4 Å². The standard InChI is InChI=1S/C23H31F3N2O/c1-22(2,3)19-8-6-17(7-9-19)16-29-21-13-18(15-27-10-11-28(4)5)12-20(14-21)23(24,25)26/h6-9,12-14,27H,10-11,15-16H2,1-5H3. The van der Waals surface area contributed by atoms with Gasteiger partial charge in [0.2, 0.25) is 0 Å². The van der Waals surface area contributed by atoms with Gasteiger partial charge < -0.3 is 15.0 Å². The summed E-state index contributed by atoms with van der Waals surface area (Å²) in [6.07, 6.45) is -4.41. The Morgan fingerprint density at radius 3 is 2.10 bits per heavy atom. The third kappa shape index (κ3) is 7.71. The van der Waals surface area contributed by atoms with Gasteiger partial charge in [0, 0.05) is 19.6 Å². The second-order valence-corrected chi connectivity index (χ2v) is 8.58. The Morgan fingerprint density at radius 2 is 1.55 bits per heavy atom. The van der Waals surface area contributed by atoms with Crippen LogP contribution in [-0.4, -0.2) is 32.1 Å². The average Bonchev–Trinajstić information content (AvgIpc) is 2.62. The van der Waals surface area contributed by atoms with Crippen molar-refractivity contribution in [3.8, 4) is 5.75 Å². The molecule has 0 unspecified atom stereocenters. The molecule has 2 aromatic rings. The van der Waals surface area contributed by atoms with Gasteiger partial charge in [-0.2, -0.15) is 13.2 Å². The van der Waals surface area contributed by atoms with Gasteiger partial charge in [0.05, 0.1) is 5.56 Å². The molecule has 0 aliphatic rings. The van der Waals surface area contributed by atoms with Gasteiger partial charge in [0.25, 0.3) is 0 Å². The zero-order chi connectivity index (χ0) is 21.7. The highest BCUT2D eigenvalue weighted by Gasteiger charge is 2.31. The average molecular weight is 409 g/mol. The van der Waals surface area contributed by atoms with Crippen molar-refractivity contribution in [2.45, 2.75) is 45.5 Å². The molecule has 29 heavy (non-hydrogen) atoms. The summed E-state index contributed by atoms with van der Waals surface area (Å²) in [7, 11) is 3.90. The number of rotatable bonds is 8. The number of hydrogen-bond acceptors (Lipinski definition) is 3. The summed E-state index contributed by atoms with van der Waals surface area (Å²) in [6.45, 7) is 8.49. The van der Waals surface area contributed by atoms with Crippen LogP contribution in [-0.2, 0) is 24.7 Å².